The van der Waals surface area contributed by atoms with Crippen molar-refractivity contribution in [3.63, 3.8) is 0 Å². The Balaban J connectivity index is 1.86. The Labute approximate surface area is 90.9 Å². The summed E-state index contributed by atoms with van der Waals surface area (Å²) in [6.07, 6.45) is 6.67. The molecule has 2 heterocycles. The lowest BCUT2D eigenvalue weighted by Crippen LogP contribution is -2.25. The molecule has 1 N–H and O–H groups in total. The van der Waals surface area contributed by atoms with Crippen LogP contribution in [0.2, 0.25) is 0 Å². The number of aryl methyl sites for hydroxylation is 1. The predicted octanol–water partition coefficient (Wildman–Crippen LogP) is 1.41. The lowest BCUT2D eigenvalue weighted by Gasteiger charge is -2.25. The third-order valence-electron chi connectivity index (χ3n) is 3.91. The maximum absolute atomic E-state index is 4.69. The van der Waals surface area contributed by atoms with Crippen LogP contribution in [0, 0.1) is 5.92 Å². The van der Waals surface area contributed by atoms with Gasteiger partial charge in [0, 0.05) is 13.6 Å². The van der Waals surface area contributed by atoms with Crippen LogP contribution in [0.3, 0.4) is 0 Å². The van der Waals surface area contributed by atoms with E-state index in [0.29, 0.717) is 0 Å². The minimum Gasteiger partial charge on any atom is -0.311 e. The Morgan fingerprint density at radius 2 is 2.33 bits per heavy atom. The maximum atomic E-state index is 4.69. The van der Waals surface area contributed by atoms with Crippen LogP contribution >= 0.6 is 0 Å². The van der Waals surface area contributed by atoms with Gasteiger partial charge in [-0.3, -0.25) is 4.68 Å². The highest BCUT2D eigenvalue weighted by atomic mass is 15.3. The molecule has 0 radical (unpaired) electrons. The monoisotopic (exact) mass is 205 g/mol. The number of hydrogen-bond donors (Lipinski definition) is 1. The fraction of sp³-hybridized carbons (Fsp3) is 0.750. The van der Waals surface area contributed by atoms with E-state index in [4.69, 9.17) is 5.10 Å². The molecule has 0 atom stereocenters. The van der Waals surface area contributed by atoms with Crippen LogP contribution in [0.1, 0.15) is 36.2 Å². The molecule has 2 aliphatic rings. The summed E-state index contributed by atoms with van der Waals surface area (Å²) in [6, 6.07) is 0. The zero-order valence-corrected chi connectivity index (χ0v) is 9.42. The Hall–Kier alpha value is -0.830. The first kappa shape index (κ1) is 9.40. The third kappa shape index (κ3) is 1.59. The van der Waals surface area contributed by atoms with E-state index in [2.05, 4.69) is 17.0 Å². The van der Waals surface area contributed by atoms with E-state index in [1.807, 2.05) is 0 Å². The van der Waals surface area contributed by atoms with Gasteiger partial charge in [-0.15, -0.1) is 0 Å². The van der Waals surface area contributed by atoms with Gasteiger partial charge in [0.25, 0.3) is 0 Å². The molecule has 3 nitrogen and oxygen atoms in total. The second kappa shape index (κ2) is 3.63. The minimum atomic E-state index is 0.930. The van der Waals surface area contributed by atoms with Crippen molar-refractivity contribution in [3.8, 4) is 0 Å². The quantitative estimate of drug-likeness (QED) is 0.791. The lowest BCUT2D eigenvalue weighted by molar-refractivity contribution is 0.311. The molecule has 0 spiro atoms. The molecule has 1 aliphatic heterocycles. The molecule has 0 aromatic carbocycles. The van der Waals surface area contributed by atoms with Crippen LogP contribution in [0.5, 0.6) is 0 Å². The summed E-state index contributed by atoms with van der Waals surface area (Å²) in [6.45, 7) is 2.12. The van der Waals surface area contributed by atoms with E-state index in [1.54, 1.807) is 5.56 Å². The SMILES string of the molecule is Cn1nc(CC2CCC2)c2c1CNCC2. The molecule has 1 fully saturated rings. The first-order valence-corrected chi connectivity index (χ1v) is 6.09. The second-order valence-electron chi connectivity index (χ2n) is 4.92. The van der Waals surface area contributed by atoms with Crippen molar-refractivity contribution >= 4 is 0 Å². The van der Waals surface area contributed by atoms with Crippen molar-refractivity contribution in [1.82, 2.24) is 15.1 Å². The molecule has 1 saturated carbocycles. The molecular weight excluding hydrogens is 186 g/mol. The summed E-state index contributed by atoms with van der Waals surface area (Å²) in [5.74, 6) is 0.930. The Kier molecular flexibility index (Phi) is 2.28. The van der Waals surface area contributed by atoms with Gasteiger partial charge in [-0.2, -0.15) is 5.10 Å². The van der Waals surface area contributed by atoms with Crippen molar-refractivity contribution in [3.05, 3.63) is 17.0 Å². The zero-order valence-electron chi connectivity index (χ0n) is 9.42. The standard InChI is InChI=1S/C12H19N3/c1-15-12-8-13-6-5-10(12)11(14-15)7-9-3-2-4-9/h9,13H,2-8H2,1H3. The van der Waals surface area contributed by atoms with Crippen molar-refractivity contribution in [2.75, 3.05) is 6.54 Å². The van der Waals surface area contributed by atoms with Gasteiger partial charge in [0.1, 0.15) is 0 Å². The molecule has 3 rings (SSSR count). The second-order valence-corrected chi connectivity index (χ2v) is 4.92. The highest BCUT2D eigenvalue weighted by molar-refractivity contribution is 5.29. The number of nitrogens with one attached hydrogen (secondary N) is 1. The van der Waals surface area contributed by atoms with Gasteiger partial charge in [0.15, 0.2) is 0 Å². The van der Waals surface area contributed by atoms with Gasteiger partial charge in [-0.25, -0.2) is 0 Å². The van der Waals surface area contributed by atoms with E-state index in [-0.39, 0.29) is 0 Å². The summed E-state index contributed by atoms with van der Waals surface area (Å²) in [4.78, 5) is 0. The van der Waals surface area contributed by atoms with Crippen molar-refractivity contribution in [2.45, 2.75) is 38.6 Å². The van der Waals surface area contributed by atoms with Gasteiger partial charge >= 0.3 is 0 Å². The fourth-order valence-corrected chi connectivity index (χ4v) is 2.73. The highest BCUT2D eigenvalue weighted by Gasteiger charge is 2.24. The fourth-order valence-electron chi connectivity index (χ4n) is 2.73. The summed E-state index contributed by atoms with van der Waals surface area (Å²) in [5, 5.41) is 8.11. The Morgan fingerprint density at radius 1 is 1.47 bits per heavy atom. The number of rotatable bonds is 2. The molecule has 0 amide bonds. The highest BCUT2D eigenvalue weighted by Crippen LogP contribution is 2.31. The van der Waals surface area contributed by atoms with Crippen LogP contribution < -0.4 is 5.32 Å². The average molecular weight is 205 g/mol. The third-order valence-corrected chi connectivity index (χ3v) is 3.91. The number of hydrogen-bond acceptors (Lipinski definition) is 2. The molecule has 0 bridgehead atoms. The summed E-state index contributed by atoms with van der Waals surface area (Å²) in [7, 11) is 2.08. The molecule has 0 saturated heterocycles. The van der Waals surface area contributed by atoms with E-state index < -0.39 is 0 Å². The summed E-state index contributed by atoms with van der Waals surface area (Å²) < 4.78 is 2.08. The molecule has 82 valence electrons. The van der Waals surface area contributed by atoms with Crippen LogP contribution in [0.25, 0.3) is 0 Å². The van der Waals surface area contributed by atoms with Gasteiger partial charge in [0.05, 0.1) is 11.4 Å². The maximum Gasteiger partial charge on any atom is 0.0663 e. The smallest absolute Gasteiger partial charge is 0.0663 e. The summed E-state index contributed by atoms with van der Waals surface area (Å²) >= 11 is 0. The zero-order chi connectivity index (χ0) is 10.3. The lowest BCUT2D eigenvalue weighted by atomic mass is 9.81. The largest absolute Gasteiger partial charge is 0.311 e. The van der Waals surface area contributed by atoms with Crippen LogP contribution in [0.4, 0.5) is 0 Å². The van der Waals surface area contributed by atoms with Crippen LogP contribution in [0.15, 0.2) is 0 Å². The van der Waals surface area contributed by atoms with Gasteiger partial charge in [-0.05, 0) is 30.9 Å². The van der Waals surface area contributed by atoms with E-state index in [0.717, 1.165) is 19.0 Å². The number of aromatic nitrogens is 2. The van der Waals surface area contributed by atoms with Crippen molar-refractivity contribution < 1.29 is 0 Å². The molecule has 3 heteroatoms. The number of fused-ring (bicyclic) bond motifs is 1. The first-order valence-electron chi connectivity index (χ1n) is 6.09. The van der Waals surface area contributed by atoms with Gasteiger partial charge in [0.2, 0.25) is 0 Å². The van der Waals surface area contributed by atoms with E-state index in [9.17, 15) is 0 Å². The van der Waals surface area contributed by atoms with Crippen molar-refractivity contribution in [2.24, 2.45) is 13.0 Å². The van der Waals surface area contributed by atoms with E-state index in [1.165, 1.54) is 43.5 Å². The molecule has 1 aliphatic carbocycles. The summed E-state index contributed by atoms with van der Waals surface area (Å²) in [5.41, 5.74) is 4.34. The normalized spacial score (nSPS) is 21.1. The Bertz CT molecular complexity index is 363. The first-order chi connectivity index (χ1) is 7.34. The van der Waals surface area contributed by atoms with Gasteiger partial charge in [-0.1, -0.05) is 19.3 Å². The van der Waals surface area contributed by atoms with Crippen LogP contribution in [-0.2, 0) is 26.4 Å². The van der Waals surface area contributed by atoms with E-state index >= 15 is 0 Å². The molecule has 15 heavy (non-hydrogen) atoms. The van der Waals surface area contributed by atoms with Crippen molar-refractivity contribution in [1.29, 1.82) is 0 Å². The average Bonchev–Trinajstić information content (AvgIpc) is 2.51. The molecule has 1 aromatic heterocycles. The Morgan fingerprint density at radius 3 is 3.07 bits per heavy atom. The number of nitrogens with zero attached hydrogens (tertiary/aromatic N) is 2. The molecule has 0 unspecified atom stereocenters. The minimum absolute atomic E-state index is 0.930. The predicted molar refractivity (Wildman–Crippen MR) is 59.7 cm³/mol. The van der Waals surface area contributed by atoms with Crippen LogP contribution in [-0.4, -0.2) is 16.3 Å². The topological polar surface area (TPSA) is 29.9 Å². The van der Waals surface area contributed by atoms with Gasteiger partial charge < -0.3 is 5.32 Å². The molecular formula is C12H19N3. The molecule has 1 aromatic rings.